The Morgan fingerprint density at radius 1 is 1.36 bits per heavy atom. The number of anilines is 1. The number of imidazole rings is 1. The highest BCUT2D eigenvalue weighted by atomic mass is 31.2. The Bertz CT molecular complexity index is 857. The van der Waals surface area contributed by atoms with E-state index in [1.165, 1.54) is 6.33 Å². The van der Waals surface area contributed by atoms with E-state index < -0.39 is 19.1 Å². The van der Waals surface area contributed by atoms with Gasteiger partial charge in [0.15, 0.2) is 11.2 Å². The number of rotatable bonds is 9. The Morgan fingerprint density at radius 3 is 2.72 bits per heavy atom. The van der Waals surface area contributed by atoms with E-state index in [1.54, 1.807) is 9.47 Å². The predicted molar refractivity (Wildman–Crippen MR) is 88.2 cm³/mol. The van der Waals surface area contributed by atoms with Crippen LogP contribution in [-0.4, -0.2) is 71.1 Å². The third-order valence-electron chi connectivity index (χ3n) is 3.50. The number of hydrogen-bond acceptors (Lipinski definition) is 7. The lowest BCUT2D eigenvalue weighted by molar-refractivity contribution is -0.137. The molecular weight excluding hydrogens is 355 g/mol. The van der Waals surface area contributed by atoms with Gasteiger partial charge in [-0.15, -0.1) is 0 Å². The average Bonchev–Trinajstić information content (AvgIpc) is 2.88. The van der Waals surface area contributed by atoms with Crippen molar-refractivity contribution in [1.29, 1.82) is 0 Å². The summed E-state index contributed by atoms with van der Waals surface area (Å²) >= 11 is 0. The second kappa shape index (κ2) is 7.74. The van der Waals surface area contributed by atoms with Gasteiger partial charge in [0.25, 0.3) is 5.56 Å². The molecule has 0 saturated carbocycles. The standard InChI is InChI=1S/C12H19N6O6P/c13-12-15-10-9(11(21)16-12)14-7-18(10)4-3-17(2-1-8(19)20)5-6-25(22,23)24/h7H,1-6H2,(H,19,20)(H2,22,23,24)(H3,13,15,16,21). The Morgan fingerprint density at radius 2 is 2.08 bits per heavy atom. The minimum Gasteiger partial charge on any atom is -0.481 e. The van der Waals surface area contributed by atoms with E-state index in [0.29, 0.717) is 13.1 Å². The zero-order valence-corrected chi connectivity index (χ0v) is 14.1. The lowest BCUT2D eigenvalue weighted by Crippen LogP contribution is -2.32. The molecule has 2 heterocycles. The van der Waals surface area contributed by atoms with E-state index >= 15 is 0 Å². The third kappa shape index (κ3) is 5.64. The van der Waals surface area contributed by atoms with Crippen LogP contribution in [0.5, 0.6) is 0 Å². The highest BCUT2D eigenvalue weighted by Crippen LogP contribution is 2.33. The van der Waals surface area contributed by atoms with Crippen LogP contribution in [0.25, 0.3) is 11.2 Å². The van der Waals surface area contributed by atoms with Crippen molar-refractivity contribution in [1.82, 2.24) is 24.4 Å². The van der Waals surface area contributed by atoms with Crippen molar-refractivity contribution in [2.75, 3.05) is 31.5 Å². The monoisotopic (exact) mass is 374 g/mol. The van der Waals surface area contributed by atoms with Crippen LogP contribution in [0.1, 0.15) is 6.42 Å². The topological polar surface area (TPSA) is 188 Å². The SMILES string of the molecule is Nc1nc2c(ncn2CCN(CCC(=O)O)CCP(=O)(O)O)c(=O)[nH]1. The van der Waals surface area contributed by atoms with Crippen LogP contribution in [0.4, 0.5) is 5.95 Å². The van der Waals surface area contributed by atoms with E-state index in [0.717, 1.165) is 0 Å². The summed E-state index contributed by atoms with van der Waals surface area (Å²) in [4.78, 5) is 52.4. The smallest absolute Gasteiger partial charge is 0.326 e. The van der Waals surface area contributed by atoms with Crippen LogP contribution in [-0.2, 0) is 15.9 Å². The first-order valence-corrected chi connectivity index (χ1v) is 9.15. The van der Waals surface area contributed by atoms with E-state index in [-0.39, 0.29) is 42.8 Å². The second-order valence-electron chi connectivity index (χ2n) is 5.44. The molecule has 0 atom stereocenters. The average molecular weight is 374 g/mol. The normalized spacial score (nSPS) is 12.1. The molecule has 0 aliphatic carbocycles. The Balaban J connectivity index is 2.09. The van der Waals surface area contributed by atoms with Gasteiger partial charge < -0.3 is 30.1 Å². The molecule has 0 saturated heterocycles. The summed E-state index contributed by atoms with van der Waals surface area (Å²) < 4.78 is 12.6. The number of aromatic nitrogens is 4. The van der Waals surface area contributed by atoms with Crippen LogP contribution in [0, 0.1) is 0 Å². The number of fused-ring (bicyclic) bond motifs is 1. The van der Waals surface area contributed by atoms with Gasteiger partial charge in [-0.1, -0.05) is 0 Å². The number of aromatic amines is 1. The Hall–Kier alpha value is -2.27. The van der Waals surface area contributed by atoms with E-state index in [2.05, 4.69) is 15.0 Å². The lowest BCUT2D eigenvalue weighted by atomic mass is 10.3. The Kier molecular flexibility index (Phi) is 5.90. The molecule has 0 radical (unpaired) electrons. The van der Waals surface area contributed by atoms with E-state index in [4.69, 9.17) is 20.6 Å². The number of carboxylic acids is 1. The molecule has 0 fully saturated rings. The van der Waals surface area contributed by atoms with Gasteiger partial charge in [-0.05, 0) is 0 Å². The second-order valence-corrected chi connectivity index (χ2v) is 7.21. The van der Waals surface area contributed by atoms with Crippen LogP contribution in [0.3, 0.4) is 0 Å². The summed E-state index contributed by atoms with van der Waals surface area (Å²) in [6, 6.07) is 0. The number of aliphatic carboxylic acids is 1. The summed E-state index contributed by atoms with van der Waals surface area (Å²) in [6.07, 6.45) is 0.879. The molecule has 2 aromatic heterocycles. The van der Waals surface area contributed by atoms with Crippen molar-refractivity contribution in [2.45, 2.75) is 13.0 Å². The highest BCUT2D eigenvalue weighted by molar-refractivity contribution is 7.51. The van der Waals surface area contributed by atoms with Crippen LogP contribution >= 0.6 is 7.60 Å². The quantitative estimate of drug-likeness (QED) is 0.328. The molecule has 2 aromatic rings. The Labute approximate surface area is 141 Å². The van der Waals surface area contributed by atoms with Gasteiger partial charge in [0, 0.05) is 26.2 Å². The lowest BCUT2D eigenvalue weighted by Gasteiger charge is -2.22. The zero-order valence-electron chi connectivity index (χ0n) is 13.2. The van der Waals surface area contributed by atoms with Crippen molar-refractivity contribution in [3.63, 3.8) is 0 Å². The van der Waals surface area contributed by atoms with Crippen molar-refractivity contribution in [2.24, 2.45) is 0 Å². The molecule has 0 aromatic carbocycles. The maximum atomic E-state index is 11.7. The van der Waals surface area contributed by atoms with E-state index in [9.17, 15) is 14.2 Å². The molecule has 6 N–H and O–H groups in total. The minimum atomic E-state index is -4.19. The minimum absolute atomic E-state index is 0.0420. The molecule has 0 bridgehead atoms. The van der Waals surface area contributed by atoms with Crippen LogP contribution in [0.15, 0.2) is 11.1 Å². The first-order chi connectivity index (χ1) is 11.7. The molecule has 138 valence electrons. The number of carboxylic acid groups (broad SMARTS) is 1. The molecule has 12 nitrogen and oxygen atoms in total. The molecule has 25 heavy (non-hydrogen) atoms. The van der Waals surface area contributed by atoms with Crippen LogP contribution < -0.4 is 11.3 Å². The first kappa shape index (κ1) is 19.1. The van der Waals surface area contributed by atoms with Crippen molar-refractivity contribution in [3.8, 4) is 0 Å². The number of nitrogens with zero attached hydrogens (tertiary/aromatic N) is 4. The molecule has 13 heteroatoms. The fraction of sp³-hybridized carbons (Fsp3) is 0.500. The molecule has 0 unspecified atom stereocenters. The van der Waals surface area contributed by atoms with Crippen molar-refractivity contribution in [3.05, 3.63) is 16.7 Å². The maximum absolute atomic E-state index is 11.7. The number of nitrogen functional groups attached to an aromatic ring is 1. The van der Waals surface area contributed by atoms with Gasteiger partial charge >= 0.3 is 13.6 Å². The van der Waals surface area contributed by atoms with Gasteiger partial charge in [0.2, 0.25) is 5.95 Å². The third-order valence-corrected chi connectivity index (χ3v) is 4.28. The molecule has 2 rings (SSSR count). The summed E-state index contributed by atoms with van der Waals surface area (Å²) in [5, 5.41) is 8.79. The molecule has 0 amide bonds. The van der Waals surface area contributed by atoms with Gasteiger partial charge in [-0.2, -0.15) is 4.98 Å². The summed E-state index contributed by atoms with van der Waals surface area (Å²) in [5.74, 6) is -1.06. The first-order valence-electron chi connectivity index (χ1n) is 7.35. The van der Waals surface area contributed by atoms with Gasteiger partial charge in [0.1, 0.15) is 0 Å². The fourth-order valence-electron chi connectivity index (χ4n) is 2.24. The number of carbonyl (C=O) groups is 1. The van der Waals surface area contributed by atoms with Crippen LogP contribution in [0.2, 0.25) is 0 Å². The van der Waals surface area contributed by atoms with Crippen molar-refractivity contribution >= 4 is 30.7 Å². The number of hydrogen-bond donors (Lipinski definition) is 5. The summed E-state index contributed by atoms with van der Waals surface area (Å²) in [5.41, 5.74) is 5.46. The van der Waals surface area contributed by atoms with Gasteiger partial charge in [-0.3, -0.25) is 19.1 Å². The fourth-order valence-corrected chi connectivity index (χ4v) is 2.79. The van der Waals surface area contributed by atoms with Gasteiger partial charge in [0.05, 0.1) is 18.9 Å². The summed E-state index contributed by atoms with van der Waals surface area (Å²) in [7, 11) is -4.19. The maximum Gasteiger partial charge on any atom is 0.326 e. The van der Waals surface area contributed by atoms with E-state index in [1.807, 2.05) is 0 Å². The molecule has 0 aliphatic rings. The zero-order chi connectivity index (χ0) is 18.6. The summed E-state index contributed by atoms with van der Waals surface area (Å²) in [6.45, 7) is 0.777. The van der Waals surface area contributed by atoms with Gasteiger partial charge in [-0.25, -0.2) is 4.98 Å². The molecule has 0 spiro atoms. The number of nitrogens with two attached hydrogens (primary N) is 1. The number of H-pyrrole nitrogens is 1. The molecular formula is C12H19N6O6P. The highest BCUT2D eigenvalue weighted by Gasteiger charge is 2.17. The number of nitrogens with one attached hydrogen (secondary N) is 1. The van der Waals surface area contributed by atoms with Crippen molar-refractivity contribution < 1.29 is 24.3 Å². The predicted octanol–water partition coefficient (Wildman–Crippen LogP) is -1.34. The largest absolute Gasteiger partial charge is 0.481 e. The molecule has 0 aliphatic heterocycles.